The minimum absolute atomic E-state index is 0.199. The minimum Gasteiger partial charge on any atom is -0.382 e. The maximum Gasteiger partial charge on any atom is 0.235 e. The standard InChI is InChI=1S/C18H23N5O2.2C2H6/c1-23-15-10-12(20-11-6-8-19-9-7-11)2-3-13(15)17(22-23)14-4-5-16(24)21-18(14)25;2*1-2/h2-3,10-11,14,19-20H,4-9H2,1H3,(H,21,24,25);2*1-2H3. The molecular formula is C22H35N5O2. The van der Waals surface area contributed by atoms with Gasteiger partial charge in [0.1, 0.15) is 0 Å². The number of amides is 2. The molecule has 2 saturated heterocycles. The summed E-state index contributed by atoms with van der Waals surface area (Å²) in [5.41, 5.74) is 2.84. The van der Waals surface area contributed by atoms with Crippen LogP contribution in [0.4, 0.5) is 5.69 Å². The summed E-state index contributed by atoms with van der Waals surface area (Å²) in [6.45, 7) is 10.1. The van der Waals surface area contributed by atoms with Crippen LogP contribution < -0.4 is 16.0 Å². The molecule has 1 aromatic heterocycles. The van der Waals surface area contributed by atoms with Crippen molar-refractivity contribution in [1.82, 2.24) is 20.4 Å². The maximum absolute atomic E-state index is 12.2. The Morgan fingerprint density at radius 3 is 2.41 bits per heavy atom. The molecule has 160 valence electrons. The molecule has 0 spiro atoms. The van der Waals surface area contributed by atoms with Gasteiger partial charge in [0.05, 0.1) is 17.1 Å². The molecule has 1 atom stereocenters. The first-order chi connectivity index (χ1) is 14.1. The number of aromatic nitrogens is 2. The molecular weight excluding hydrogens is 366 g/mol. The number of nitrogens with one attached hydrogen (secondary N) is 3. The second-order valence-electron chi connectivity index (χ2n) is 6.91. The molecule has 2 aromatic rings. The van der Waals surface area contributed by atoms with E-state index in [-0.39, 0.29) is 17.7 Å². The minimum atomic E-state index is -0.357. The van der Waals surface area contributed by atoms with Gasteiger partial charge in [0, 0.05) is 30.6 Å². The van der Waals surface area contributed by atoms with Crippen LogP contribution in [0, 0.1) is 0 Å². The predicted molar refractivity (Wildman–Crippen MR) is 118 cm³/mol. The normalized spacial score (nSPS) is 19.6. The summed E-state index contributed by atoms with van der Waals surface area (Å²) in [6.07, 6.45) is 3.12. The van der Waals surface area contributed by atoms with Gasteiger partial charge in [-0.1, -0.05) is 27.7 Å². The van der Waals surface area contributed by atoms with Gasteiger partial charge in [0.25, 0.3) is 0 Å². The van der Waals surface area contributed by atoms with E-state index in [1.54, 1.807) is 0 Å². The first kappa shape index (κ1) is 22.9. The van der Waals surface area contributed by atoms with Crippen LogP contribution in [0.15, 0.2) is 18.2 Å². The first-order valence-electron chi connectivity index (χ1n) is 10.9. The lowest BCUT2D eigenvalue weighted by molar-refractivity contribution is -0.134. The predicted octanol–water partition coefficient (Wildman–Crippen LogP) is 3.31. The Bertz CT molecular complexity index is 824. The molecule has 0 aliphatic carbocycles. The SMILES string of the molecule is CC.CC.Cn1nc(C2CCC(=O)NC2=O)c2ccc(NC3CCNCC3)cc21. The molecule has 2 fully saturated rings. The van der Waals surface area contributed by atoms with E-state index in [2.05, 4.69) is 33.2 Å². The van der Waals surface area contributed by atoms with Gasteiger partial charge < -0.3 is 10.6 Å². The van der Waals surface area contributed by atoms with Crippen LogP contribution in [0.2, 0.25) is 0 Å². The van der Waals surface area contributed by atoms with Crippen molar-refractivity contribution in [3.8, 4) is 0 Å². The average molecular weight is 402 g/mol. The number of piperidine rings is 2. The van der Waals surface area contributed by atoms with Crippen LogP contribution in [-0.2, 0) is 16.6 Å². The summed E-state index contributed by atoms with van der Waals surface area (Å²) >= 11 is 0. The molecule has 4 rings (SSSR count). The van der Waals surface area contributed by atoms with Gasteiger partial charge in [-0.25, -0.2) is 0 Å². The van der Waals surface area contributed by atoms with Crippen LogP contribution in [0.3, 0.4) is 0 Å². The molecule has 0 radical (unpaired) electrons. The number of imide groups is 1. The van der Waals surface area contributed by atoms with E-state index in [9.17, 15) is 9.59 Å². The molecule has 0 saturated carbocycles. The van der Waals surface area contributed by atoms with E-state index in [1.807, 2.05) is 45.5 Å². The number of hydrogen-bond acceptors (Lipinski definition) is 5. The van der Waals surface area contributed by atoms with Crippen molar-refractivity contribution in [2.24, 2.45) is 7.05 Å². The van der Waals surface area contributed by atoms with E-state index in [0.717, 1.165) is 48.2 Å². The molecule has 1 aromatic carbocycles. The van der Waals surface area contributed by atoms with Crippen LogP contribution in [0.1, 0.15) is 65.0 Å². The monoisotopic (exact) mass is 401 g/mol. The van der Waals surface area contributed by atoms with Gasteiger partial charge in [0.15, 0.2) is 0 Å². The highest BCUT2D eigenvalue weighted by atomic mass is 16.2. The average Bonchev–Trinajstić information content (AvgIpc) is 3.07. The third kappa shape index (κ3) is 5.35. The zero-order chi connectivity index (χ0) is 21.4. The van der Waals surface area contributed by atoms with Crippen LogP contribution in [0.5, 0.6) is 0 Å². The van der Waals surface area contributed by atoms with E-state index < -0.39 is 0 Å². The second-order valence-corrected chi connectivity index (χ2v) is 6.91. The summed E-state index contributed by atoms with van der Waals surface area (Å²) in [7, 11) is 1.89. The van der Waals surface area contributed by atoms with Crippen LogP contribution in [-0.4, -0.2) is 40.7 Å². The fourth-order valence-corrected chi connectivity index (χ4v) is 3.79. The van der Waals surface area contributed by atoms with Gasteiger partial charge in [0.2, 0.25) is 11.8 Å². The Balaban J connectivity index is 0.000000707. The number of fused-ring (bicyclic) bond motifs is 1. The Morgan fingerprint density at radius 1 is 1.07 bits per heavy atom. The Hall–Kier alpha value is -2.41. The van der Waals surface area contributed by atoms with Gasteiger partial charge in [-0.05, 0) is 50.6 Å². The maximum atomic E-state index is 12.2. The second kappa shape index (κ2) is 11.0. The number of carbonyl (C=O) groups excluding carboxylic acids is 2. The Morgan fingerprint density at radius 2 is 1.76 bits per heavy atom. The summed E-state index contributed by atoms with van der Waals surface area (Å²) in [5, 5.41) is 15.0. The first-order valence-corrected chi connectivity index (χ1v) is 10.9. The molecule has 2 amide bonds. The summed E-state index contributed by atoms with van der Waals surface area (Å²) in [6, 6.07) is 6.67. The Labute approximate surface area is 173 Å². The zero-order valence-corrected chi connectivity index (χ0v) is 18.3. The molecule has 0 bridgehead atoms. The highest BCUT2D eigenvalue weighted by Crippen LogP contribution is 2.31. The van der Waals surface area contributed by atoms with Gasteiger partial charge in [-0.2, -0.15) is 5.10 Å². The zero-order valence-electron chi connectivity index (χ0n) is 18.3. The van der Waals surface area contributed by atoms with Crippen LogP contribution >= 0.6 is 0 Å². The number of carbonyl (C=O) groups is 2. The van der Waals surface area contributed by atoms with Crippen LogP contribution in [0.25, 0.3) is 10.9 Å². The third-order valence-electron chi connectivity index (χ3n) is 5.16. The van der Waals surface area contributed by atoms with E-state index >= 15 is 0 Å². The van der Waals surface area contributed by atoms with E-state index in [0.29, 0.717) is 18.9 Å². The van der Waals surface area contributed by atoms with E-state index in [1.165, 1.54) is 0 Å². The lowest BCUT2D eigenvalue weighted by Gasteiger charge is -2.24. The van der Waals surface area contributed by atoms with Crippen molar-refractivity contribution in [3.63, 3.8) is 0 Å². The van der Waals surface area contributed by atoms with E-state index in [4.69, 9.17) is 0 Å². The largest absolute Gasteiger partial charge is 0.382 e. The molecule has 3 heterocycles. The van der Waals surface area contributed by atoms with Crippen molar-refractivity contribution in [3.05, 3.63) is 23.9 Å². The van der Waals surface area contributed by atoms with Crippen molar-refractivity contribution in [1.29, 1.82) is 0 Å². The Kier molecular flexibility index (Phi) is 8.64. The number of nitrogens with zero attached hydrogens (tertiary/aromatic N) is 2. The smallest absolute Gasteiger partial charge is 0.235 e. The van der Waals surface area contributed by atoms with Gasteiger partial charge >= 0.3 is 0 Å². The quantitative estimate of drug-likeness (QED) is 0.687. The lowest BCUT2D eigenvalue weighted by Crippen LogP contribution is -2.39. The summed E-state index contributed by atoms with van der Waals surface area (Å²) < 4.78 is 1.82. The fourth-order valence-electron chi connectivity index (χ4n) is 3.79. The lowest BCUT2D eigenvalue weighted by atomic mass is 9.93. The topological polar surface area (TPSA) is 88.0 Å². The van der Waals surface area contributed by atoms with Crippen molar-refractivity contribution >= 4 is 28.4 Å². The third-order valence-corrected chi connectivity index (χ3v) is 5.16. The molecule has 1 unspecified atom stereocenters. The highest BCUT2D eigenvalue weighted by molar-refractivity contribution is 6.02. The van der Waals surface area contributed by atoms with Gasteiger partial charge in [-0.3, -0.25) is 19.6 Å². The van der Waals surface area contributed by atoms with Gasteiger partial charge in [-0.15, -0.1) is 0 Å². The van der Waals surface area contributed by atoms with Crippen molar-refractivity contribution in [2.45, 2.75) is 65.3 Å². The highest BCUT2D eigenvalue weighted by Gasteiger charge is 2.31. The van der Waals surface area contributed by atoms with Crippen molar-refractivity contribution in [2.75, 3.05) is 18.4 Å². The van der Waals surface area contributed by atoms with Crippen molar-refractivity contribution < 1.29 is 9.59 Å². The molecule has 29 heavy (non-hydrogen) atoms. The number of hydrogen-bond donors (Lipinski definition) is 3. The number of rotatable bonds is 3. The number of benzene rings is 1. The molecule has 7 heteroatoms. The number of anilines is 1. The fraction of sp³-hybridized carbons (Fsp3) is 0.591. The summed E-state index contributed by atoms with van der Waals surface area (Å²) in [5.74, 6) is -0.798. The molecule has 2 aliphatic heterocycles. The molecule has 7 nitrogen and oxygen atoms in total. The summed E-state index contributed by atoms with van der Waals surface area (Å²) in [4.78, 5) is 23.6. The number of aryl methyl sites for hydroxylation is 1. The molecule has 3 N–H and O–H groups in total. The molecule has 2 aliphatic rings.